The third kappa shape index (κ3) is 2.64. The third-order valence-electron chi connectivity index (χ3n) is 2.08. The molecule has 0 bridgehead atoms. The van der Waals surface area contributed by atoms with Gasteiger partial charge in [0.25, 0.3) is 0 Å². The summed E-state index contributed by atoms with van der Waals surface area (Å²) < 4.78 is 13.7. The quantitative estimate of drug-likeness (QED) is 0.805. The molecule has 1 aromatic rings. The number of carbonyl (C=O) groups is 2. The molecule has 0 fully saturated rings. The first kappa shape index (κ1) is 12.3. The van der Waals surface area contributed by atoms with Gasteiger partial charge >= 0.3 is 5.97 Å². The van der Waals surface area contributed by atoms with Gasteiger partial charge in [-0.3, -0.25) is 4.79 Å². The maximum atomic E-state index is 13.7. The Kier molecular flexibility index (Phi) is 3.73. The zero-order chi connectivity index (χ0) is 12.3. The number of benzene rings is 1. The number of carbonyl (C=O) groups excluding carboxylic acids is 1. The number of aliphatic hydroxyl groups is 1. The van der Waals surface area contributed by atoms with E-state index in [1.165, 1.54) is 25.1 Å². The topological polar surface area (TPSA) is 74.6 Å². The van der Waals surface area contributed by atoms with Gasteiger partial charge in [0.2, 0.25) is 0 Å². The molecule has 0 heterocycles. The van der Waals surface area contributed by atoms with Crippen LogP contribution in [0, 0.1) is 5.82 Å². The number of carboxylic acid groups (broad SMARTS) is 1. The van der Waals surface area contributed by atoms with Crippen LogP contribution >= 0.6 is 0 Å². The summed E-state index contributed by atoms with van der Waals surface area (Å²) in [6.45, 7) is 1.31. The lowest BCUT2D eigenvalue weighted by atomic mass is 10.0. The molecule has 1 rings (SSSR count). The van der Waals surface area contributed by atoms with Gasteiger partial charge in [0, 0.05) is 12.0 Å². The van der Waals surface area contributed by atoms with Gasteiger partial charge in [-0.1, -0.05) is 18.2 Å². The summed E-state index contributed by atoms with van der Waals surface area (Å²) in [5.41, 5.74) is -0.239. The Labute approximate surface area is 91.3 Å². The van der Waals surface area contributed by atoms with Crippen molar-refractivity contribution in [2.75, 3.05) is 0 Å². The Morgan fingerprint density at radius 3 is 2.56 bits per heavy atom. The zero-order valence-electron chi connectivity index (χ0n) is 8.61. The fourth-order valence-electron chi connectivity index (χ4n) is 1.35. The van der Waals surface area contributed by atoms with E-state index >= 15 is 0 Å². The summed E-state index contributed by atoms with van der Waals surface area (Å²) in [5, 5.41) is 17.8. The molecule has 0 aromatic heterocycles. The standard InChI is InChI=1S/C11H11FO4/c1-6(13)5-7-3-2-4-8(9(7)12)10(14)11(15)16/h2-4,10,14H,5H2,1H3,(H,15,16). The van der Waals surface area contributed by atoms with E-state index in [4.69, 9.17) is 5.11 Å². The molecule has 1 aromatic carbocycles. The predicted molar refractivity (Wildman–Crippen MR) is 53.4 cm³/mol. The van der Waals surface area contributed by atoms with Gasteiger partial charge in [-0.15, -0.1) is 0 Å². The Morgan fingerprint density at radius 2 is 2.06 bits per heavy atom. The number of carboxylic acids is 1. The van der Waals surface area contributed by atoms with Crippen LogP contribution < -0.4 is 0 Å². The van der Waals surface area contributed by atoms with Gasteiger partial charge in [-0.2, -0.15) is 0 Å². The van der Waals surface area contributed by atoms with E-state index in [1.807, 2.05) is 0 Å². The normalized spacial score (nSPS) is 12.2. The fraction of sp³-hybridized carbons (Fsp3) is 0.273. The number of rotatable bonds is 4. The molecule has 0 spiro atoms. The minimum absolute atomic E-state index is 0.0882. The number of aliphatic carboxylic acids is 1. The average molecular weight is 226 g/mol. The van der Waals surface area contributed by atoms with E-state index in [0.717, 1.165) is 0 Å². The van der Waals surface area contributed by atoms with E-state index in [1.54, 1.807) is 0 Å². The molecule has 0 saturated carbocycles. The van der Waals surface area contributed by atoms with E-state index < -0.39 is 17.9 Å². The second-order valence-corrected chi connectivity index (χ2v) is 3.44. The molecule has 1 atom stereocenters. The van der Waals surface area contributed by atoms with E-state index in [-0.39, 0.29) is 23.3 Å². The monoisotopic (exact) mass is 226 g/mol. The lowest BCUT2D eigenvalue weighted by Gasteiger charge is -2.09. The third-order valence-corrected chi connectivity index (χ3v) is 2.08. The van der Waals surface area contributed by atoms with Crippen LogP contribution in [-0.4, -0.2) is 22.0 Å². The summed E-state index contributed by atoms with van der Waals surface area (Å²) in [7, 11) is 0. The number of hydrogen-bond donors (Lipinski definition) is 2. The molecule has 0 amide bonds. The van der Waals surface area contributed by atoms with Gasteiger partial charge < -0.3 is 10.2 Å². The van der Waals surface area contributed by atoms with Gasteiger partial charge in [0.05, 0.1) is 0 Å². The molecule has 5 heteroatoms. The maximum absolute atomic E-state index is 13.7. The predicted octanol–water partition coefficient (Wildman–Crippen LogP) is 1.08. The number of ketones is 1. The van der Waals surface area contributed by atoms with Crippen molar-refractivity contribution in [1.82, 2.24) is 0 Å². The molecule has 86 valence electrons. The van der Waals surface area contributed by atoms with Crippen LogP contribution in [0.15, 0.2) is 18.2 Å². The molecule has 0 aliphatic heterocycles. The molecule has 0 saturated heterocycles. The first-order valence-corrected chi connectivity index (χ1v) is 4.61. The zero-order valence-corrected chi connectivity index (χ0v) is 8.61. The van der Waals surface area contributed by atoms with Gasteiger partial charge in [0.1, 0.15) is 11.6 Å². The second-order valence-electron chi connectivity index (χ2n) is 3.44. The summed E-state index contributed by atoms with van der Waals surface area (Å²) in [6.07, 6.45) is -2.03. The largest absolute Gasteiger partial charge is 0.479 e. The van der Waals surface area contributed by atoms with Crippen molar-refractivity contribution in [3.05, 3.63) is 35.1 Å². The number of Topliss-reactive ketones (excluding diaryl/α,β-unsaturated/α-hetero) is 1. The number of halogens is 1. The van der Waals surface area contributed by atoms with Crippen LogP contribution in [0.2, 0.25) is 0 Å². The van der Waals surface area contributed by atoms with Crippen LogP contribution in [0.25, 0.3) is 0 Å². The lowest BCUT2D eigenvalue weighted by Crippen LogP contribution is -2.13. The SMILES string of the molecule is CC(=O)Cc1cccc(C(O)C(=O)O)c1F. The van der Waals surface area contributed by atoms with Crippen molar-refractivity contribution in [1.29, 1.82) is 0 Å². The maximum Gasteiger partial charge on any atom is 0.337 e. The molecular weight excluding hydrogens is 215 g/mol. The number of aliphatic hydroxyl groups excluding tert-OH is 1. The molecule has 0 radical (unpaired) electrons. The van der Waals surface area contributed by atoms with Gasteiger partial charge in [-0.25, -0.2) is 9.18 Å². The minimum Gasteiger partial charge on any atom is -0.479 e. The van der Waals surface area contributed by atoms with Crippen molar-refractivity contribution in [3.8, 4) is 0 Å². The van der Waals surface area contributed by atoms with Crippen molar-refractivity contribution in [3.63, 3.8) is 0 Å². The lowest BCUT2D eigenvalue weighted by molar-refractivity contribution is -0.147. The Bertz CT molecular complexity index is 428. The fourth-order valence-corrected chi connectivity index (χ4v) is 1.35. The summed E-state index contributed by atoms with van der Waals surface area (Å²) in [6, 6.07) is 3.97. The first-order valence-electron chi connectivity index (χ1n) is 4.61. The van der Waals surface area contributed by atoms with Crippen LogP contribution in [0.1, 0.15) is 24.2 Å². The molecule has 0 aliphatic rings. The van der Waals surface area contributed by atoms with Crippen LogP contribution in [-0.2, 0) is 16.0 Å². The van der Waals surface area contributed by atoms with Crippen LogP contribution in [0.3, 0.4) is 0 Å². The summed E-state index contributed by atoms with van der Waals surface area (Å²) in [4.78, 5) is 21.3. The number of hydrogen-bond acceptors (Lipinski definition) is 3. The molecule has 1 unspecified atom stereocenters. The smallest absolute Gasteiger partial charge is 0.337 e. The highest BCUT2D eigenvalue weighted by atomic mass is 19.1. The molecule has 2 N–H and O–H groups in total. The van der Waals surface area contributed by atoms with Crippen molar-refractivity contribution in [2.45, 2.75) is 19.4 Å². The van der Waals surface area contributed by atoms with E-state index in [9.17, 15) is 19.1 Å². The molecule has 16 heavy (non-hydrogen) atoms. The summed E-state index contributed by atoms with van der Waals surface area (Å²) in [5.74, 6) is -2.60. The summed E-state index contributed by atoms with van der Waals surface area (Å²) >= 11 is 0. The Balaban J connectivity index is 3.13. The van der Waals surface area contributed by atoms with E-state index in [2.05, 4.69) is 0 Å². The van der Waals surface area contributed by atoms with Crippen molar-refractivity contribution < 1.29 is 24.2 Å². The van der Waals surface area contributed by atoms with Crippen molar-refractivity contribution >= 4 is 11.8 Å². The average Bonchev–Trinajstić information content (AvgIpc) is 2.19. The molecule has 4 nitrogen and oxygen atoms in total. The van der Waals surface area contributed by atoms with E-state index in [0.29, 0.717) is 0 Å². The van der Waals surface area contributed by atoms with Crippen LogP contribution in [0.5, 0.6) is 0 Å². The Hall–Kier alpha value is -1.75. The highest BCUT2D eigenvalue weighted by Crippen LogP contribution is 2.20. The molecule has 0 aliphatic carbocycles. The Morgan fingerprint density at radius 1 is 1.44 bits per heavy atom. The second kappa shape index (κ2) is 4.85. The van der Waals surface area contributed by atoms with Gasteiger partial charge in [0.15, 0.2) is 6.10 Å². The highest BCUT2D eigenvalue weighted by Gasteiger charge is 2.21. The minimum atomic E-state index is -1.91. The van der Waals surface area contributed by atoms with Gasteiger partial charge in [-0.05, 0) is 12.5 Å². The van der Waals surface area contributed by atoms with Crippen LogP contribution in [0.4, 0.5) is 4.39 Å². The first-order chi connectivity index (χ1) is 7.43. The molecular formula is C11H11FO4. The highest BCUT2D eigenvalue weighted by molar-refractivity contribution is 5.78. The van der Waals surface area contributed by atoms with Crippen molar-refractivity contribution in [2.24, 2.45) is 0 Å².